The summed E-state index contributed by atoms with van der Waals surface area (Å²) in [6.45, 7) is 2.86. The Morgan fingerprint density at radius 3 is 2.75 bits per heavy atom. The molecule has 1 aliphatic carbocycles. The Balaban J connectivity index is 1.83. The van der Waals surface area contributed by atoms with Crippen molar-refractivity contribution in [3.63, 3.8) is 0 Å². The van der Waals surface area contributed by atoms with Crippen molar-refractivity contribution in [1.29, 1.82) is 0 Å². The topological polar surface area (TPSA) is 21.3 Å². The van der Waals surface area contributed by atoms with Gasteiger partial charge in [0.2, 0.25) is 0 Å². The zero-order valence-corrected chi connectivity index (χ0v) is 13.7. The molecule has 1 aliphatic rings. The number of rotatable bonds is 7. The number of hydrogen-bond acceptors (Lipinski definition) is 2. The van der Waals surface area contributed by atoms with Crippen molar-refractivity contribution in [2.75, 3.05) is 13.7 Å². The quantitative estimate of drug-likeness (QED) is 0.809. The lowest BCUT2D eigenvalue weighted by Gasteiger charge is -2.37. The molecule has 0 spiro atoms. The van der Waals surface area contributed by atoms with E-state index < -0.39 is 0 Å². The first-order valence-electron chi connectivity index (χ1n) is 7.34. The van der Waals surface area contributed by atoms with Gasteiger partial charge in [0.05, 0.1) is 6.10 Å². The van der Waals surface area contributed by atoms with E-state index in [1.54, 1.807) is 6.07 Å². The summed E-state index contributed by atoms with van der Waals surface area (Å²) in [4.78, 5) is 0. The standard InChI is InChI=1S/C16H23BrFNO/c1-3-20-16-8-12(9-16)7-15(19-2)6-11-4-13(17)10-14(18)5-11/h4-5,10,12,15-16,19H,3,6-9H2,1-2H3. The second kappa shape index (κ2) is 7.53. The molecule has 0 aliphatic heterocycles. The molecule has 2 nitrogen and oxygen atoms in total. The van der Waals surface area contributed by atoms with Crippen molar-refractivity contribution >= 4 is 15.9 Å². The molecular formula is C16H23BrFNO. The minimum atomic E-state index is -0.177. The first-order chi connectivity index (χ1) is 9.60. The van der Waals surface area contributed by atoms with Crippen LogP contribution in [0.3, 0.4) is 0 Å². The van der Waals surface area contributed by atoms with Crippen LogP contribution in [0.25, 0.3) is 0 Å². The van der Waals surface area contributed by atoms with E-state index in [1.807, 2.05) is 20.0 Å². The second-order valence-electron chi connectivity index (χ2n) is 5.62. The highest BCUT2D eigenvalue weighted by Crippen LogP contribution is 2.34. The Morgan fingerprint density at radius 1 is 1.40 bits per heavy atom. The minimum Gasteiger partial charge on any atom is -0.378 e. The van der Waals surface area contributed by atoms with E-state index in [9.17, 15) is 4.39 Å². The van der Waals surface area contributed by atoms with Gasteiger partial charge in [0.25, 0.3) is 0 Å². The molecule has 20 heavy (non-hydrogen) atoms. The van der Waals surface area contributed by atoms with Crippen LogP contribution in [0.1, 0.15) is 31.7 Å². The van der Waals surface area contributed by atoms with E-state index >= 15 is 0 Å². The highest BCUT2D eigenvalue weighted by atomic mass is 79.9. The van der Waals surface area contributed by atoms with Crippen LogP contribution in [0, 0.1) is 11.7 Å². The van der Waals surface area contributed by atoms with Gasteiger partial charge in [0, 0.05) is 17.1 Å². The van der Waals surface area contributed by atoms with Gasteiger partial charge in [-0.2, -0.15) is 0 Å². The summed E-state index contributed by atoms with van der Waals surface area (Å²) in [6, 6.07) is 5.52. The number of likely N-dealkylation sites (N-methyl/N-ethyl adjacent to an activating group) is 1. The van der Waals surface area contributed by atoms with Crippen LogP contribution in [0.5, 0.6) is 0 Å². The van der Waals surface area contributed by atoms with Gasteiger partial charge in [-0.1, -0.05) is 15.9 Å². The SMILES string of the molecule is CCOC1CC(CC(Cc2cc(F)cc(Br)c2)NC)C1. The van der Waals surface area contributed by atoms with Crippen molar-refractivity contribution in [2.45, 2.75) is 44.8 Å². The molecule has 1 aromatic carbocycles. The van der Waals surface area contributed by atoms with Gasteiger partial charge in [-0.25, -0.2) is 4.39 Å². The van der Waals surface area contributed by atoms with E-state index in [4.69, 9.17) is 4.74 Å². The van der Waals surface area contributed by atoms with Gasteiger partial charge < -0.3 is 10.1 Å². The summed E-state index contributed by atoms with van der Waals surface area (Å²) in [5.74, 6) is 0.560. The molecular weight excluding hydrogens is 321 g/mol. The molecule has 1 atom stereocenters. The number of nitrogens with one attached hydrogen (secondary N) is 1. The van der Waals surface area contributed by atoms with Crippen LogP contribution >= 0.6 is 15.9 Å². The van der Waals surface area contributed by atoms with Crippen molar-refractivity contribution in [3.05, 3.63) is 34.1 Å². The molecule has 0 amide bonds. The lowest BCUT2D eigenvalue weighted by atomic mass is 9.77. The summed E-state index contributed by atoms with van der Waals surface area (Å²) in [6.07, 6.45) is 4.79. The fourth-order valence-electron chi connectivity index (χ4n) is 2.96. The van der Waals surface area contributed by atoms with Crippen molar-refractivity contribution < 1.29 is 9.13 Å². The second-order valence-corrected chi connectivity index (χ2v) is 6.53. The Bertz CT molecular complexity index is 414. The molecule has 0 saturated heterocycles. The lowest BCUT2D eigenvalue weighted by Crippen LogP contribution is -2.38. The number of halogens is 2. The van der Waals surface area contributed by atoms with Gasteiger partial charge in [0.1, 0.15) is 5.82 Å². The summed E-state index contributed by atoms with van der Waals surface area (Å²) in [7, 11) is 1.98. The molecule has 1 fully saturated rings. The summed E-state index contributed by atoms with van der Waals surface area (Å²) < 4.78 is 19.8. The van der Waals surface area contributed by atoms with Crippen LogP contribution < -0.4 is 5.32 Å². The molecule has 1 saturated carbocycles. The third-order valence-electron chi connectivity index (χ3n) is 4.03. The lowest BCUT2D eigenvalue weighted by molar-refractivity contribution is -0.0288. The first-order valence-corrected chi connectivity index (χ1v) is 8.13. The van der Waals surface area contributed by atoms with Crippen LogP contribution in [0.15, 0.2) is 22.7 Å². The minimum absolute atomic E-state index is 0.177. The van der Waals surface area contributed by atoms with E-state index in [1.165, 1.54) is 18.9 Å². The first kappa shape index (κ1) is 15.9. The highest BCUT2D eigenvalue weighted by Gasteiger charge is 2.31. The van der Waals surface area contributed by atoms with Crippen LogP contribution in [0.4, 0.5) is 4.39 Å². The smallest absolute Gasteiger partial charge is 0.124 e. The Morgan fingerprint density at radius 2 is 2.15 bits per heavy atom. The monoisotopic (exact) mass is 343 g/mol. The van der Waals surface area contributed by atoms with E-state index in [0.29, 0.717) is 12.1 Å². The predicted molar refractivity (Wildman–Crippen MR) is 83.4 cm³/mol. The molecule has 2 rings (SSSR count). The third-order valence-corrected chi connectivity index (χ3v) is 4.48. The number of benzene rings is 1. The van der Waals surface area contributed by atoms with Crippen molar-refractivity contribution in [1.82, 2.24) is 5.32 Å². The highest BCUT2D eigenvalue weighted by molar-refractivity contribution is 9.10. The molecule has 0 radical (unpaired) electrons. The van der Waals surface area contributed by atoms with E-state index in [-0.39, 0.29) is 5.82 Å². The largest absolute Gasteiger partial charge is 0.378 e. The fraction of sp³-hybridized carbons (Fsp3) is 0.625. The van der Waals surface area contributed by atoms with Gasteiger partial charge in [-0.3, -0.25) is 0 Å². The molecule has 1 N–H and O–H groups in total. The summed E-state index contributed by atoms with van der Waals surface area (Å²) in [5, 5.41) is 3.36. The zero-order chi connectivity index (χ0) is 14.5. The summed E-state index contributed by atoms with van der Waals surface area (Å²) in [5.41, 5.74) is 1.04. The average molecular weight is 344 g/mol. The Hall–Kier alpha value is -0.450. The van der Waals surface area contributed by atoms with Crippen LogP contribution in [-0.2, 0) is 11.2 Å². The maximum atomic E-state index is 13.4. The molecule has 1 unspecified atom stereocenters. The van der Waals surface area contributed by atoms with E-state index in [2.05, 4.69) is 21.2 Å². The molecule has 0 heterocycles. The maximum absolute atomic E-state index is 13.4. The zero-order valence-electron chi connectivity index (χ0n) is 12.2. The number of ether oxygens (including phenoxy) is 1. The maximum Gasteiger partial charge on any atom is 0.124 e. The predicted octanol–water partition coefficient (Wildman–Crippen LogP) is 3.92. The molecule has 4 heteroatoms. The number of hydrogen-bond donors (Lipinski definition) is 1. The Labute approximate surface area is 129 Å². The van der Waals surface area contributed by atoms with Gasteiger partial charge in [0.15, 0.2) is 0 Å². The third kappa shape index (κ3) is 4.54. The van der Waals surface area contributed by atoms with Crippen LogP contribution in [-0.4, -0.2) is 25.8 Å². The summed E-state index contributed by atoms with van der Waals surface area (Å²) >= 11 is 3.35. The average Bonchev–Trinajstić information content (AvgIpc) is 2.33. The molecule has 0 aromatic heterocycles. The van der Waals surface area contributed by atoms with Crippen molar-refractivity contribution in [2.24, 2.45) is 5.92 Å². The Kier molecular flexibility index (Phi) is 6.00. The van der Waals surface area contributed by atoms with Gasteiger partial charge in [-0.15, -0.1) is 0 Å². The van der Waals surface area contributed by atoms with Crippen molar-refractivity contribution in [3.8, 4) is 0 Å². The molecule has 1 aromatic rings. The van der Waals surface area contributed by atoms with E-state index in [0.717, 1.165) is 35.4 Å². The molecule has 112 valence electrons. The normalized spacial score (nSPS) is 23.4. The van der Waals surface area contributed by atoms with Gasteiger partial charge >= 0.3 is 0 Å². The fourth-order valence-corrected chi connectivity index (χ4v) is 3.47. The molecule has 0 bridgehead atoms. The van der Waals surface area contributed by atoms with Gasteiger partial charge in [-0.05, 0) is 69.3 Å². The van der Waals surface area contributed by atoms with Crippen LogP contribution in [0.2, 0.25) is 0 Å².